The van der Waals surface area contributed by atoms with Gasteiger partial charge in [0.05, 0.1) is 24.7 Å². The van der Waals surface area contributed by atoms with Gasteiger partial charge in [-0.2, -0.15) is 0 Å². The number of sulfonamides is 1. The lowest BCUT2D eigenvalue weighted by Crippen LogP contribution is -2.47. The molecule has 1 aliphatic carbocycles. The van der Waals surface area contributed by atoms with Crippen molar-refractivity contribution in [2.24, 2.45) is 5.92 Å². The molecule has 0 unspecified atom stereocenters. The second-order valence-electron chi connectivity index (χ2n) is 8.83. The average molecular weight is 456 g/mol. The number of hydrogen-bond donors (Lipinski definition) is 1. The molecule has 5 rings (SSSR count). The van der Waals surface area contributed by atoms with Crippen LogP contribution < -0.4 is 14.4 Å². The molecule has 0 amide bonds. The van der Waals surface area contributed by atoms with Crippen molar-refractivity contribution < 1.29 is 17.6 Å². The number of methoxy groups -OCH3 is 1. The first-order chi connectivity index (χ1) is 15.4. The van der Waals surface area contributed by atoms with Gasteiger partial charge in [0.15, 0.2) is 5.58 Å². The number of fused-ring (bicyclic) bond motifs is 1. The number of aryl methyl sites for hydroxylation is 1. The van der Waals surface area contributed by atoms with Crippen LogP contribution in [-0.2, 0) is 10.0 Å². The minimum Gasteiger partial charge on any atom is -0.495 e. The molecule has 3 aromatic rings. The molecule has 1 saturated heterocycles. The van der Waals surface area contributed by atoms with Crippen LogP contribution in [0.15, 0.2) is 52.0 Å². The normalized spacial score (nSPS) is 17.6. The van der Waals surface area contributed by atoms with E-state index in [4.69, 9.17) is 9.15 Å². The van der Waals surface area contributed by atoms with E-state index in [1.54, 1.807) is 18.4 Å². The molecule has 0 bridgehead atoms. The van der Waals surface area contributed by atoms with E-state index in [0.29, 0.717) is 11.4 Å². The Balaban J connectivity index is 1.42. The summed E-state index contributed by atoms with van der Waals surface area (Å²) in [7, 11) is -2.35. The van der Waals surface area contributed by atoms with Crippen molar-refractivity contribution in [1.82, 2.24) is 4.90 Å². The zero-order valence-corrected chi connectivity index (χ0v) is 19.3. The first kappa shape index (κ1) is 21.2. The predicted octanol–water partition coefficient (Wildman–Crippen LogP) is 4.08. The molecule has 170 valence electrons. The van der Waals surface area contributed by atoms with Gasteiger partial charge >= 0.3 is 0 Å². The topological polar surface area (TPSA) is 75.0 Å². The lowest BCUT2D eigenvalue weighted by atomic mass is 10.1. The summed E-state index contributed by atoms with van der Waals surface area (Å²) < 4.78 is 40.2. The highest BCUT2D eigenvalue weighted by atomic mass is 32.2. The first-order valence-corrected chi connectivity index (χ1v) is 12.6. The minimum atomic E-state index is -3.83. The largest absolute Gasteiger partial charge is 0.495 e. The Morgan fingerprint density at radius 2 is 1.88 bits per heavy atom. The van der Waals surface area contributed by atoms with Crippen molar-refractivity contribution in [1.29, 1.82) is 0 Å². The summed E-state index contributed by atoms with van der Waals surface area (Å²) in [5.41, 5.74) is 3.07. The molecule has 8 heteroatoms. The fourth-order valence-electron chi connectivity index (χ4n) is 4.40. The molecule has 7 nitrogen and oxygen atoms in total. The molecular formula is C24H29N3O4S. The number of nitrogens with one attached hydrogen (secondary N) is 1. The van der Waals surface area contributed by atoms with Crippen LogP contribution in [0.2, 0.25) is 0 Å². The Morgan fingerprint density at radius 3 is 2.59 bits per heavy atom. The van der Waals surface area contributed by atoms with Crippen LogP contribution in [0.5, 0.6) is 5.75 Å². The quantitative estimate of drug-likeness (QED) is 0.579. The van der Waals surface area contributed by atoms with Crippen molar-refractivity contribution in [3.8, 4) is 5.75 Å². The molecule has 2 aliphatic rings. The maximum atomic E-state index is 13.2. The molecule has 32 heavy (non-hydrogen) atoms. The van der Waals surface area contributed by atoms with E-state index >= 15 is 0 Å². The smallest absolute Gasteiger partial charge is 0.265 e. The maximum Gasteiger partial charge on any atom is 0.265 e. The summed E-state index contributed by atoms with van der Waals surface area (Å²) in [4.78, 5) is 4.95. The van der Waals surface area contributed by atoms with E-state index in [0.717, 1.165) is 54.3 Å². The van der Waals surface area contributed by atoms with Crippen LogP contribution in [0.4, 0.5) is 11.4 Å². The van der Waals surface area contributed by atoms with Crippen LogP contribution in [0.3, 0.4) is 0 Å². The number of nitrogens with zero attached hydrogens (tertiary/aromatic N) is 2. The number of anilines is 2. The third-order valence-electron chi connectivity index (χ3n) is 6.32. The fraction of sp³-hybridized carbons (Fsp3) is 0.417. The fourth-order valence-corrected chi connectivity index (χ4v) is 5.69. The second-order valence-corrected chi connectivity index (χ2v) is 10.5. The third kappa shape index (κ3) is 4.29. The molecule has 0 spiro atoms. The summed E-state index contributed by atoms with van der Waals surface area (Å²) >= 11 is 0. The Bertz CT molecular complexity index is 1230. The van der Waals surface area contributed by atoms with Crippen molar-refractivity contribution in [3.63, 3.8) is 0 Å². The monoisotopic (exact) mass is 455 g/mol. The predicted molar refractivity (Wildman–Crippen MR) is 126 cm³/mol. The summed E-state index contributed by atoms with van der Waals surface area (Å²) in [6.45, 7) is 6.86. The van der Waals surface area contributed by atoms with Gasteiger partial charge in [-0.05, 0) is 61.6 Å². The van der Waals surface area contributed by atoms with Crippen LogP contribution in [0.25, 0.3) is 11.0 Å². The van der Waals surface area contributed by atoms with Crippen molar-refractivity contribution in [2.75, 3.05) is 49.5 Å². The highest BCUT2D eigenvalue weighted by Crippen LogP contribution is 2.35. The number of rotatable bonds is 7. The van der Waals surface area contributed by atoms with Gasteiger partial charge in [-0.25, -0.2) is 8.42 Å². The Labute approximate surface area is 189 Å². The number of piperazine rings is 1. The number of ether oxygens (including phenoxy) is 1. The van der Waals surface area contributed by atoms with Crippen molar-refractivity contribution >= 4 is 32.4 Å². The van der Waals surface area contributed by atoms with E-state index in [9.17, 15) is 8.42 Å². The summed E-state index contributed by atoms with van der Waals surface area (Å²) in [6.07, 6.45) is 4.38. The molecule has 1 aliphatic heterocycles. The lowest BCUT2D eigenvalue weighted by molar-refractivity contribution is 0.248. The highest BCUT2D eigenvalue weighted by Gasteiger charge is 2.28. The van der Waals surface area contributed by atoms with Crippen LogP contribution in [0.1, 0.15) is 18.4 Å². The molecule has 0 atom stereocenters. The number of hydrogen-bond acceptors (Lipinski definition) is 6. The lowest BCUT2D eigenvalue weighted by Gasteiger charge is -2.36. The van der Waals surface area contributed by atoms with Gasteiger partial charge in [-0.3, -0.25) is 9.62 Å². The SMILES string of the molecule is COc1ccc(C)cc1S(=O)(=O)Nc1cc(N2CCN(CC3CC3)CC2)c2occc2c1. The standard InChI is InChI=1S/C24H29N3O4S/c1-17-3-6-22(30-2)23(13-17)32(28,29)25-20-14-19-7-12-31-24(19)21(15-20)27-10-8-26(9-11-27)16-18-4-5-18/h3,6-7,12-15,18,25H,4-5,8-11,16H2,1-2H3. The first-order valence-electron chi connectivity index (χ1n) is 11.1. The van der Waals surface area contributed by atoms with E-state index < -0.39 is 10.0 Å². The molecule has 2 heterocycles. The van der Waals surface area contributed by atoms with Crippen LogP contribution >= 0.6 is 0 Å². The third-order valence-corrected chi connectivity index (χ3v) is 7.72. The highest BCUT2D eigenvalue weighted by molar-refractivity contribution is 7.92. The average Bonchev–Trinajstić information content (AvgIpc) is 3.46. The van der Waals surface area contributed by atoms with E-state index in [1.165, 1.54) is 26.5 Å². The second kappa shape index (κ2) is 8.33. The van der Waals surface area contributed by atoms with Gasteiger partial charge in [0.2, 0.25) is 0 Å². The van der Waals surface area contributed by atoms with Gasteiger partial charge in [0.25, 0.3) is 10.0 Å². The molecule has 1 N–H and O–H groups in total. The molecule has 1 saturated carbocycles. The Kier molecular flexibility index (Phi) is 5.51. The number of furan rings is 1. The van der Waals surface area contributed by atoms with E-state index in [1.807, 2.05) is 31.2 Å². The van der Waals surface area contributed by atoms with Gasteiger partial charge < -0.3 is 14.1 Å². The Hall–Kier alpha value is -2.71. The zero-order valence-electron chi connectivity index (χ0n) is 18.5. The van der Waals surface area contributed by atoms with Gasteiger partial charge in [-0.15, -0.1) is 0 Å². The minimum absolute atomic E-state index is 0.127. The number of benzene rings is 2. The maximum absolute atomic E-state index is 13.2. The molecule has 1 aromatic heterocycles. The van der Waals surface area contributed by atoms with Crippen molar-refractivity contribution in [2.45, 2.75) is 24.7 Å². The molecule has 2 aromatic carbocycles. The summed E-state index contributed by atoms with van der Waals surface area (Å²) in [5, 5.41) is 0.872. The van der Waals surface area contributed by atoms with E-state index in [-0.39, 0.29) is 4.90 Å². The molecule has 2 fully saturated rings. The van der Waals surface area contributed by atoms with Crippen LogP contribution in [-0.4, -0.2) is 53.2 Å². The molecular weight excluding hydrogens is 426 g/mol. The Morgan fingerprint density at radius 1 is 1.09 bits per heavy atom. The van der Waals surface area contributed by atoms with Gasteiger partial charge in [-0.1, -0.05) is 6.07 Å². The van der Waals surface area contributed by atoms with Gasteiger partial charge in [0.1, 0.15) is 10.6 Å². The van der Waals surface area contributed by atoms with Crippen LogP contribution in [0, 0.1) is 12.8 Å². The zero-order chi connectivity index (χ0) is 22.3. The van der Waals surface area contributed by atoms with Crippen molar-refractivity contribution in [3.05, 3.63) is 48.2 Å². The van der Waals surface area contributed by atoms with Gasteiger partial charge in [0, 0.05) is 38.1 Å². The van der Waals surface area contributed by atoms with E-state index in [2.05, 4.69) is 14.5 Å². The summed E-state index contributed by atoms with van der Waals surface area (Å²) in [6, 6.07) is 10.7. The summed E-state index contributed by atoms with van der Waals surface area (Å²) in [5.74, 6) is 1.20. The molecule has 0 radical (unpaired) electrons.